The lowest BCUT2D eigenvalue weighted by Crippen LogP contribution is -2.28. The minimum Gasteiger partial charge on any atom is -0.342 e. The Hall–Kier alpha value is -0.180. The van der Waals surface area contributed by atoms with E-state index in [0.29, 0.717) is 18.1 Å². The predicted molar refractivity (Wildman–Crippen MR) is 48.8 cm³/mol. The zero-order valence-corrected chi connectivity index (χ0v) is 7.81. The third-order valence-corrected chi connectivity index (χ3v) is 2.33. The van der Waals surface area contributed by atoms with Gasteiger partial charge in [0.25, 0.3) is 0 Å². The second-order valence-electron chi connectivity index (χ2n) is 3.21. The van der Waals surface area contributed by atoms with Gasteiger partial charge in [-0.1, -0.05) is 6.92 Å². The highest BCUT2D eigenvalue weighted by molar-refractivity contribution is 7.80. The molecular weight excluding hydrogens is 158 g/mol. The van der Waals surface area contributed by atoms with Crippen molar-refractivity contribution in [2.75, 3.05) is 18.8 Å². The molecule has 0 saturated carbocycles. The summed E-state index contributed by atoms with van der Waals surface area (Å²) in [5.41, 5.74) is 0. The van der Waals surface area contributed by atoms with E-state index in [1.54, 1.807) is 0 Å². The highest BCUT2D eigenvalue weighted by Crippen LogP contribution is 2.15. The van der Waals surface area contributed by atoms with Crippen LogP contribution in [0.5, 0.6) is 0 Å². The SMILES string of the molecule is CC1CCN(C(=O)CCS)C1. The average Bonchev–Trinajstić information content (AvgIpc) is 2.36. The minimum atomic E-state index is 0.268. The van der Waals surface area contributed by atoms with Crippen LogP contribution in [-0.2, 0) is 4.79 Å². The maximum absolute atomic E-state index is 11.3. The van der Waals surface area contributed by atoms with Gasteiger partial charge in [-0.05, 0) is 18.1 Å². The summed E-state index contributed by atoms with van der Waals surface area (Å²) in [6.07, 6.45) is 1.76. The van der Waals surface area contributed by atoms with Gasteiger partial charge >= 0.3 is 0 Å². The van der Waals surface area contributed by atoms with Crippen molar-refractivity contribution in [1.82, 2.24) is 4.90 Å². The van der Waals surface area contributed by atoms with E-state index in [9.17, 15) is 4.79 Å². The molecule has 0 aromatic rings. The van der Waals surface area contributed by atoms with Gasteiger partial charge in [0, 0.05) is 19.5 Å². The monoisotopic (exact) mass is 173 g/mol. The molecule has 0 spiro atoms. The summed E-state index contributed by atoms with van der Waals surface area (Å²) in [6, 6.07) is 0. The Morgan fingerprint density at radius 2 is 2.45 bits per heavy atom. The van der Waals surface area contributed by atoms with E-state index in [1.807, 2.05) is 4.90 Å². The van der Waals surface area contributed by atoms with Gasteiger partial charge in [0.05, 0.1) is 0 Å². The van der Waals surface area contributed by atoms with Gasteiger partial charge in [-0.15, -0.1) is 0 Å². The molecule has 0 aromatic heterocycles. The van der Waals surface area contributed by atoms with Gasteiger partial charge in [0.2, 0.25) is 5.91 Å². The quantitative estimate of drug-likeness (QED) is 0.622. The summed E-state index contributed by atoms with van der Waals surface area (Å²) in [6.45, 7) is 4.09. The number of carbonyl (C=O) groups is 1. The van der Waals surface area contributed by atoms with Crippen LogP contribution in [0.3, 0.4) is 0 Å². The van der Waals surface area contributed by atoms with Crippen LogP contribution in [0.1, 0.15) is 19.8 Å². The molecule has 1 amide bonds. The third-order valence-electron chi connectivity index (χ3n) is 2.10. The third kappa shape index (κ3) is 2.40. The van der Waals surface area contributed by atoms with E-state index < -0.39 is 0 Å². The first-order valence-corrected chi connectivity index (χ1v) is 4.76. The summed E-state index contributed by atoms with van der Waals surface area (Å²) < 4.78 is 0. The molecule has 1 heterocycles. The zero-order chi connectivity index (χ0) is 8.27. The molecule has 0 N–H and O–H groups in total. The fourth-order valence-corrected chi connectivity index (χ4v) is 1.61. The first kappa shape index (κ1) is 8.91. The number of rotatable bonds is 2. The lowest BCUT2D eigenvalue weighted by molar-refractivity contribution is -0.129. The van der Waals surface area contributed by atoms with E-state index in [1.165, 1.54) is 0 Å². The van der Waals surface area contributed by atoms with Gasteiger partial charge in [0.15, 0.2) is 0 Å². The minimum absolute atomic E-state index is 0.268. The van der Waals surface area contributed by atoms with Gasteiger partial charge in [-0.2, -0.15) is 12.6 Å². The van der Waals surface area contributed by atoms with Crippen LogP contribution in [0.2, 0.25) is 0 Å². The number of hydrogen-bond acceptors (Lipinski definition) is 2. The number of hydrogen-bond donors (Lipinski definition) is 1. The van der Waals surface area contributed by atoms with Gasteiger partial charge < -0.3 is 4.90 Å². The Morgan fingerprint density at radius 3 is 2.91 bits per heavy atom. The van der Waals surface area contributed by atoms with Gasteiger partial charge in [-0.3, -0.25) is 4.79 Å². The lowest BCUT2D eigenvalue weighted by atomic mass is 10.2. The van der Waals surface area contributed by atoms with Crippen molar-refractivity contribution in [2.24, 2.45) is 5.92 Å². The Bertz CT molecular complexity index is 149. The number of amides is 1. The standard InChI is InChI=1S/C8H15NOS/c1-7-2-4-9(6-7)8(10)3-5-11/h7,11H,2-6H2,1H3. The molecule has 11 heavy (non-hydrogen) atoms. The van der Waals surface area contributed by atoms with Crippen LogP contribution >= 0.6 is 12.6 Å². The molecule has 1 saturated heterocycles. The van der Waals surface area contributed by atoms with E-state index >= 15 is 0 Å². The highest BCUT2D eigenvalue weighted by atomic mass is 32.1. The Morgan fingerprint density at radius 1 is 1.73 bits per heavy atom. The van der Waals surface area contributed by atoms with Crippen LogP contribution in [0.15, 0.2) is 0 Å². The fraction of sp³-hybridized carbons (Fsp3) is 0.875. The number of carbonyl (C=O) groups excluding carboxylic acids is 1. The Kier molecular flexibility index (Phi) is 3.24. The summed E-state index contributed by atoms with van der Waals surface area (Å²) >= 11 is 4.03. The topological polar surface area (TPSA) is 20.3 Å². The fourth-order valence-electron chi connectivity index (χ4n) is 1.42. The molecule has 0 aromatic carbocycles. The molecular formula is C8H15NOS. The molecule has 1 fully saturated rings. The second kappa shape index (κ2) is 4.00. The molecule has 0 radical (unpaired) electrons. The molecule has 2 nitrogen and oxygen atoms in total. The van der Waals surface area contributed by atoms with Crippen molar-refractivity contribution < 1.29 is 4.79 Å². The molecule has 3 heteroatoms. The molecule has 1 unspecified atom stereocenters. The molecule has 1 atom stereocenters. The van der Waals surface area contributed by atoms with Crippen molar-refractivity contribution in [3.05, 3.63) is 0 Å². The van der Waals surface area contributed by atoms with E-state index in [-0.39, 0.29) is 5.91 Å². The first-order valence-electron chi connectivity index (χ1n) is 4.12. The van der Waals surface area contributed by atoms with Crippen molar-refractivity contribution >= 4 is 18.5 Å². The molecule has 1 aliphatic heterocycles. The smallest absolute Gasteiger partial charge is 0.223 e. The zero-order valence-electron chi connectivity index (χ0n) is 6.92. The highest BCUT2D eigenvalue weighted by Gasteiger charge is 2.21. The Labute approximate surface area is 73.4 Å². The summed E-state index contributed by atoms with van der Waals surface area (Å²) in [4.78, 5) is 13.2. The van der Waals surface area contributed by atoms with Crippen molar-refractivity contribution in [3.8, 4) is 0 Å². The average molecular weight is 173 g/mol. The van der Waals surface area contributed by atoms with E-state index in [4.69, 9.17) is 0 Å². The summed E-state index contributed by atoms with van der Waals surface area (Å²) in [5.74, 6) is 1.63. The summed E-state index contributed by atoms with van der Waals surface area (Å²) in [7, 11) is 0. The number of thiol groups is 1. The van der Waals surface area contributed by atoms with Crippen molar-refractivity contribution in [3.63, 3.8) is 0 Å². The van der Waals surface area contributed by atoms with Gasteiger partial charge in [-0.25, -0.2) is 0 Å². The van der Waals surface area contributed by atoms with Crippen LogP contribution < -0.4 is 0 Å². The normalized spacial score (nSPS) is 24.2. The van der Waals surface area contributed by atoms with E-state index in [0.717, 1.165) is 19.5 Å². The molecule has 1 aliphatic rings. The van der Waals surface area contributed by atoms with Crippen molar-refractivity contribution in [2.45, 2.75) is 19.8 Å². The molecule has 0 aliphatic carbocycles. The van der Waals surface area contributed by atoms with Gasteiger partial charge in [0.1, 0.15) is 0 Å². The van der Waals surface area contributed by atoms with Crippen LogP contribution in [0.25, 0.3) is 0 Å². The van der Waals surface area contributed by atoms with E-state index in [2.05, 4.69) is 19.6 Å². The number of nitrogens with zero attached hydrogens (tertiary/aromatic N) is 1. The first-order chi connectivity index (χ1) is 5.24. The van der Waals surface area contributed by atoms with Crippen molar-refractivity contribution in [1.29, 1.82) is 0 Å². The maximum Gasteiger partial charge on any atom is 0.223 e. The molecule has 1 rings (SSSR count). The molecule has 0 bridgehead atoms. The van der Waals surface area contributed by atoms with Crippen LogP contribution in [0.4, 0.5) is 0 Å². The number of likely N-dealkylation sites (tertiary alicyclic amines) is 1. The lowest BCUT2D eigenvalue weighted by Gasteiger charge is -2.14. The van der Waals surface area contributed by atoms with Crippen LogP contribution in [0, 0.1) is 5.92 Å². The Balaban J connectivity index is 2.31. The maximum atomic E-state index is 11.3. The predicted octanol–water partition coefficient (Wildman–Crippen LogP) is 1.17. The largest absolute Gasteiger partial charge is 0.342 e. The van der Waals surface area contributed by atoms with Crippen LogP contribution in [-0.4, -0.2) is 29.6 Å². The second-order valence-corrected chi connectivity index (χ2v) is 3.65. The molecule has 64 valence electrons. The summed E-state index contributed by atoms with van der Waals surface area (Å²) in [5, 5.41) is 0.